The average Bonchev–Trinajstić information content (AvgIpc) is 2.17. The molecule has 0 heterocycles. The van der Waals surface area contributed by atoms with Gasteiger partial charge in [0.1, 0.15) is 0 Å². The molecule has 0 bridgehead atoms. The van der Waals surface area contributed by atoms with Crippen molar-refractivity contribution in [3.8, 4) is 0 Å². The summed E-state index contributed by atoms with van der Waals surface area (Å²) in [5.41, 5.74) is 5.28. The molecule has 1 aromatic rings. The highest BCUT2D eigenvalue weighted by molar-refractivity contribution is 9.10. The summed E-state index contributed by atoms with van der Waals surface area (Å²) in [4.78, 5) is 0.493. The van der Waals surface area contributed by atoms with Crippen LogP contribution in [0.1, 0.15) is 6.42 Å². The molecule has 0 fully saturated rings. The van der Waals surface area contributed by atoms with Gasteiger partial charge in [0.2, 0.25) is 10.0 Å². The zero-order valence-corrected chi connectivity index (χ0v) is 11.5. The summed E-state index contributed by atoms with van der Waals surface area (Å²) in [6.45, 7) is 0.207. The first-order valence-electron chi connectivity index (χ1n) is 4.46. The number of benzene rings is 1. The van der Waals surface area contributed by atoms with Gasteiger partial charge < -0.3 is 5.73 Å². The van der Waals surface area contributed by atoms with Crippen LogP contribution in [-0.4, -0.2) is 20.0 Å². The minimum Gasteiger partial charge on any atom is -0.393 e. The van der Waals surface area contributed by atoms with Crippen LogP contribution in [0.3, 0.4) is 0 Å². The molecular formula is C9H11BrN2O2S2. The monoisotopic (exact) mass is 322 g/mol. The lowest BCUT2D eigenvalue weighted by atomic mass is 10.4. The van der Waals surface area contributed by atoms with Gasteiger partial charge in [0.15, 0.2) is 0 Å². The lowest BCUT2D eigenvalue weighted by molar-refractivity contribution is 0.582. The van der Waals surface area contributed by atoms with Crippen molar-refractivity contribution in [2.24, 2.45) is 5.73 Å². The summed E-state index contributed by atoms with van der Waals surface area (Å²) in [6.07, 6.45) is 0.346. The molecule has 0 amide bonds. The number of hydrogen-bond donors (Lipinski definition) is 2. The lowest BCUT2D eigenvalue weighted by Gasteiger charge is -2.07. The van der Waals surface area contributed by atoms with Crippen LogP contribution < -0.4 is 10.5 Å². The number of nitrogens with two attached hydrogens (primary N) is 1. The Balaban J connectivity index is 2.79. The number of hydrogen-bond acceptors (Lipinski definition) is 3. The highest BCUT2D eigenvalue weighted by Crippen LogP contribution is 2.20. The molecule has 0 saturated heterocycles. The molecule has 0 aromatic heterocycles. The van der Waals surface area contributed by atoms with Crippen LogP contribution in [0.4, 0.5) is 0 Å². The molecule has 88 valence electrons. The number of thiocarbonyl (C=S) groups is 1. The Morgan fingerprint density at radius 2 is 2.06 bits per heavy atom. The van der Waals surface area contributed by atoms with Gasteiger partial charge in [0.05, 0.1) is 9.88 Å². The first-order chi connectivity index (χ1) is 7.43. The quantitative estimate of drug-likeness (QED) is 0.804. The molecule has 1 aromatic carbocycles. The third kappa shape index (κ3) is 3.82. The van der Waals surface area contributed by atoms with E-state index in [9.17, 15) is 8.42 Å². The molecule has 0 aliphatic carbocycles. The van der Waals surface area contributed by atoms with Crippen LogP contribution in [0.5, 0.6) is 0 Å². The van der Waals surface area contributed by atoms with E-state index in [4.69, 9.17) is 5.73 Å². The van der Waals surface area contributed by atoms with Gasteiger partial charge in [-0.3, -0.25) is 0 Å². The Hall–Kier alpha value is -0.500. The minimum absolute atomic E-state index is 0.206. The Morgan fingerprint density at radius 1 is 1.44 bits per heavy atom. The molecule has 0 aliphatic rings. The summed E-state index contributed by atoms with van der Waals surface area (Å²) in [7, 11) is -3.50. The second-order valence-electron chi connectivity index (χ2n) is 3.04. The standard InChI is InChI=1S/C9H11BrN2O2S2/c10-7-3-1-2-4-8(7)16(13,14)12-6-5-9(11)15/h1-4,12H,5-6H2,(H2,11,15). The van der Waals surface area contributed by atoms with Crippen molar-refractivity contribution in [1.82, 2.24) is 4.72 Å². The molecule has 16 heavy (non-hydrogen) atoms. The van der Waals surface area contributed by atoms with Crippen LogP contribution in [0.2, 0.25) is 0 Å². The van der Waals surface area contributed by atoms with Crippen molar-refractivity contribution in [1.29, 1.82) is 0 Å². The zero-order chi connectivity index (χ0) is 12.2. The second-order valence-corrected chi connectivity index (χ2v) is 6.16. The molecule has 3 N–H and O–H groups in total. The van der Waals surface area contributed by atoms with E-state index in [-0.39, 0.29) is 16.4 Å². The highest BCUT2D eigenvalue weighted by atomic mass is 79.9. The Morgan fingerprint density at radius 3 is 2.62 bits per heavy atom. The van der Waals surface area contributed by atoms with Gasteiger partial charge in [0.25, 0.3) is 0 Å². The summed E-state index contributed by atoms with van der Waals surface area (Å²) in [5.74, 6) is 0. The molecule has 0 aliphatic heterocycles. The van der Waals surface area contributed by atoms with Gasteiger partial charge in [-0.25, -0.2) is 13.1 Å². The van der Waals surface area contributed by atoms with Gasteiger partial charge in [-0.15, -0.1) is 0 Å². The van der Waals surface area contributed by atoms with Crippen LogP contribution in [-0.2, 0) is 10.0 Å². The predicted octanol–water partition coefficient (Wildman–Crippen LogP) is 1.40. The van der Waals surface area contributed by atoms with Crippen molar-refractivity contribution < 1.29 is 8.42 Å². The van der Waals surface area contributed by atoms with Crippen molar-refractivity contribution in [3.05, 3.63) is 28.7 Å². The SMILES string of the molecule is NC(=S)CCNS(=O)(=O)c1ccccc1Br. The van der Waals surface area contributed by atoms with E-state index in [2.05, 4.69) is 32.9 Å². The zero-order valence-electron chi connectivity index (χ0n) is 8.31. The summed E-state index contributed by atoms with van der Waals surface area (Å²) >= 11 is 7.84. The van der Waals surface area contributed by atoms with Gasteiger partial charge in [-0.05, 0) is 28.1 Å². The van der Waals surface area contributed by atoms with E-state index in [0.717, 1.165) is 0 Å². The van der Waals surface area contributed by atoms with E-state index in [1.165, 1.54) is 6.07 Å². The maximum atomic E-state index is 11.8. The molecular weight excluding hydrogens is 312 g/mol. The van der Waals surface area contributed by atoms with E-state index in [1.807, 2.05) is 0 Å². The molecule has 0 atom stereocenters. The van der Waals surface area contributed by atoms with Crippen molar-refractivity contribution >= 4 is 43.2 Å². The topological polar surface area (TPSA) is 72.2 Å². The van der Waals surface area contributed by atoms with Crippen molar-refractivity contribution in [3.63, 3.8) is 0 Å². The van der Waals surface area contributed by atoms with E-state index in [1.54, 1.807) is 18.2 Å². The Kier molecular flexibility index (Phi) is 4.85. The number of sulfonamides is 1. The smallest absolute Gasteiger partial charge is 0.241 e. The van der Waals surface area contributed by atoms with Crippen molar-refractivity contribution in [2.75, 3.05) is 6.54 Å². The Bertz CT molecular complexity index is 488. The first kappa shape index (κ1) is 13.6. The van der Waals surface area contributed by atoms with Crippen LogP contribution in [0.15, 0.2) is 33.6 Å². The normalized spacial score (nSPS) is 11.3. The summed E-state index contributed by atoms with van der Waals surface area (Å²) in [6, 6.07) is 6.60. The fraction of sp³-hybridized carbons (Fsp3) is 0.222. The highest BCUT2D eigenvalue weighted by Gasteiger charge is 2.15. The molecule has 1 rings (SSSR count). The third-order valence-corrected chi connectivity index (χ3v) is 4.47. The van der Waals surface area contributed by atoms with Crippen LogP contribution in [0, 0.1) is 0 Å². The number of halogens is 1. The van der Waals surface area contributed by atoms with Crippen LogP contribution >= 0.6 is 28.1 Å². The van der Waals surface area contributed by atoms with E-state index < -0.39 is 10.0 Å². The molecule has 0 spiro atoms. The van der Waals surface area contributed by atoms with Crippen LogP contribution in [0.25, 0.3) is 0 Å². The molecule has 7 heteroatoms. The maximum Gasteiger partial charge on any atom is 0.241 e. The molecule has 0 unspecified atom stereocenters. The fourth-order valence-electron chi connectivity index (χ4n) is 1.05. The predicted molar refractivity (Wildman–Crippen MR) is 70.7 cm³/mol. The Labute approximate surface area is 108 Å². The maximum absolute atomic E-state index is 11.8. The largest absolute Gasteiger partial charge is 0.393 e. The molecule has 0 saturated carbocycles. The molecule has 4 nitrogen and oxygen atoms in total. The van der Waals surface area contributed by atoms with Gasteiger partial charge in [0, 0.05) is 17.4 Å². The fourth-order valence-corrected chi connectivity index (χ4v) is 3.18. The van der Waals surface area contributed by atoms with Gasteiger partial charge in [-0.2, -0.15) is 0 Å². The van der Waals surface area contributed by atoms with Gasteiger partial charge >= 0.3 is 0 Å². The third-order valence-electron chi connectivity index (χ3n) is 1.79. The number of rotatable bonds is 5. The number of nitrogens with one attached hydrogen (secondary N) is 1. The van der Waals surface area contributed by atoms with Crippen molar-refractivity contribution in [2.45, 2.75) is 11.3 Å². The van der Waals surface area contributed by atoms with E-state index >= 15 is 0 Å². The van der Waals surface area contributed by atoms with E-state index in [0.29, 0.717) is 10.9 Å². The minimum atomic E-state index is -3.50. The summed E-state index contributed by atoms with van der Waals surface area (Å²) in [5, 5.41) is 0. The summed E-state index contributed by atoms with van der Waals surface area (Å²) < 4.78 is 26.6. The van der Waals surface area contributed by atoms with Gasteiger partial charge in [-0.1, -0.05) is 24.4 Å². The lowest BCUT2D eigenvalue weighted by Crippen LogP contribution is -2.27. The average molecular weight is 323 g/mol. The molecule has 0 radical (unpaired) electrons. The second kappa shape index (κ2) is 5.72. The first-order valence-corrected chi connectivity index (χ1v) is 7.14.